The lowest BCUT2D eigenvalue weighted by atomic mass is 10.2. The van der Waals surface area contributed by atoms with Crippen LogP contribution in [-0.4, -0.2) is 6.54 Å². The molecule has 1 N–H and O–H groups in total. The maximum Gasteiger partial charge on any atom is 0.146 e. The zero-order valence-electron chi connectivity index (χ0n) is 12.1. The molecule has 1 aromatic heterocycles. The van der Waals surface area contributed by atoms with Gasteiger partial charge in [0.2, 0.25) is 0 Å². The predicted molar refractivity (Wildman–Crippen MR) is 76.3 cm³/mol. The van der Waals surface area contributed by atoms with Crippen LogP contribution in [0.4, 0.5) is 4.39 Å². The third kappa shape index (κ3) is 3.61. The summed E-state index contributed by atoms with van der Waals surface area (Å²) in [5.74, 6) is 1.89. The van der Waals surface area contributed by atoms with Crippen molar-refractivity contribution in [2.75, 3.05) is 6.54 Å². The number of furan rings is 1. The molecule has 0 amide bonds. The first-order chi connectivity index (χ1) is 9.60. The van der Waals surface area contributed by atoms with Crippen LogP contribution >= 0.6 is 0 Å². The summed E-state index contributed by atoms with van der Waals surface area (Å²) in [5, 5.41) is 3.26. The minimum absolute atomic E-state index is 0.258. The smallest absolute Gasteiger partial charge is 0.146 e. The molecule has 0 fully saturated rings. The molecule has 1 aromatic carbocycles. The van der Waals surface area contributed by atoms with Gasteiger partial charge in [-0.1, -0.05) is 13.0 Å². The average Bonchev–Trinajstić information content (AvgIpc) is 2.78. The van der Waals surface area contributed by atoms with E-state index in [1.807, 2.05) is 13.0 Å². The van der Waals surface area contributed by atoms with Gasteiger partial charge in [-0.15, -0.1) is 0 Å². The monoisotopic (exact) mass is 277 g/mol. The minimum atomic E-state index is -0.258. The van der Waals surface area contributed by atoms with E-state index >= 15 is 0 Å². The second-order valence-corrected chi connectivity index (χ2v) is 4.77. The quantitative estimate of drug-likeness (QED) is 0.873. The molecule has 0 atom stereocenters. The first kappa shape index (κ1) is 14.6. The van der Waals surface area contributed by atoms with Gasteiger partial charge in [-0.2, -0.15) is 0 Å². The highest BCUT2D eigenvalue weighted by Crippen LogP contribution is 2.19. The summed E-state index contributed by atoms with van der Waals surface area (Å²) in [5.41, 5.74) is 1.74. The van der Waals surface area contributed by atoms with Crippen LogP contribution in [0.25, 0.3) is 0 Å². The summed E-state index contributed by atoms with van der Waals surface area (Å²) < 4.78 is 24.6. The Morgan fingerprint density at radius 3 is 2.75 bits per heavy atom. The summed E-state index contributed by atoms with van der Waals surface area (Å²) in [6.45, 7) is 7.72. The second kappa shape index (κ2) is 6.57. The normalized spacial score (nSPS) is 10.8. The lowest BCUT2D eigenvalue weighted by molar-refractivity contribution is 0.266. The Morgan fingerprint density at radius 1 is 1.25 bits per heavy atom. The van der Waals surface area contributed by atoms with E-state index in [1.165, 1.54) is 6.07 Å². The Bertz CT molecular complexity index is 578. The third-order valence-electron chi connectivity index (χ3n) is 3.16. The van der Waals surface area contributed by atoms with E-state index in [-0.39, 0.29) is 5.82 Å². The molecule has 4 heteroatoms. The molecule has 0 aliphatic carbocycles. The Hall–Kier alpha value is -1.81. The van der Waals surface area contributed by atoms with Crippen molar-refractivity contribution in [2.24, 2.45) is 0 Å². The lowest BCUT2D eigenvalue weighted by Crippen LogP contribution is -2.11. The molecule has 0 radical (unpaired) electrons. The van der Waals surface area contributed by atoms with Crippen LogP contribution in [0.5, 0.6) is 5.75 Å². The van der Waals surface area contributed by atoms with Gasteiger partial charge in [0.25, 0.3) is 0 Å². The molecule has 3 nitrogen and oxygen atoms in total. The number of hydrogen-bond acceptors (Lipinski definition) is 3. The van der Waals surface area contributed by atoms with Crippen molar-refractivity contribution in [3.8, 4) is 5.75 Å². The molecule has 2 aromatic rings. The van der Waals surface area contributed by atoms with E-state index < -0.39 is 0 Å². The van der Waals surface area contributed by atoms with Crippen molar-refractivity contribution in [1.29, 1.82) is 0 Å². The van der Waals surface area contributed by atoms with Crippen molar-refractivity contribution in [2.45, 2.75) is 33.9 Å². The van der Waals surface area contributed by atoms with E-state index in [1.54, 1.807) is 19.1 Å². The number of hydrogen-bond donors (Lipinski definition) is 1. The lowest BCUT2D eigenvalue weighted by Gasteiger charge is -2.05. The molecule has 0 aliphatic heterocycles. The number of halogens is 1. The number of ether oxygens (including phenoxy) is 1. The van der Waals surface area contributed by atoms with E-state index in [4.69, 9.17) is 9.15 Å². The van der Waals surface area contributed by atoms with Crippen LogP contribution in [0.2, 0.25) is 0 Å². The van der Waals surface area contributed by atoms with Gasteiger partial charge in [0.1, 0.15) is 29.7 Å². The van der Waals surface area contributed by atoms with E-state index in [0.29, 0.717) is 17.9 Å². The first-order valence-corrected chi connectivity index (χ1v) is 6.78. The van der Waals surface area contributed by atoms with Crippen LogP contribution < -0.4 is 10.1 Å². The fourth-order valence-corrected chi connectivity index (χ4v) is 1.91. The number of aryl methyl sites for hydroxylation is 2. The third-order valence-corrected chi connectivity index (χ3v) is 3.16. The SMILES string of the molecule is CCNCc1cc(COc2ccc(C)c(F)c2)oc1C. The Labute approximate surface area is 118 Å². The van der Waals surface area contributed by atoms with Gasteiger partial charge in [-0.05, 0) is 38.1 Å². The highest BCUT2D eigenvalue weighted by Gasteiger charge is 2.08. The van der Waals surface area contributed by atoms with Gasteiger partial charge in [-0.25, -0.2) is 4.39 Å². The number of nitrogens with one attached hydrogen (secondary N) is 1. The van der Waals surface area contributed by atoms with Crippen molar-refractivity contribution in [3.05, 3.63) is 52.7 Å². The van der Waals surface area contributed by atoms with Gasteiger partial charge in [-0.3, -0.25) is 0 Å². The summed E-state index contributed by atoms with van der Waals surface area (Å²) in [7, 11) is 0. The maximum absolute atomic E-state index is 13.4. The molecular weight excluding hydrogens is 257 g/mol. The summed E-state index contributed by atoms with van der Waals surface area (Å²) in [6.07, 6.45) is 0. The van der Waals surface area contributed by atoms with E-state index in [2.05, 4.69) is 12.2 Å². The summed E-state index contributed by atoms with van der Waals surface area (Å²) in [4.78, 5) is 0. The Morgan fingerprint density at radius 2 is 2.05 bits per heavy atom. The van der Waals surface area contributed by atoms with Gasteiger partial charge in [0.05, 0.1) is 0 Å². The van der Waals surface area contributed by atoms with Gasteiger partial charge in [0, 0.05) is 18.2 Å². The fourth-order valence-electron chi connectivity index (χ4n) is 1.91. The first-order valence-electron chi connectivity index (χ1n) is 6.78. The molecule has 0 bridgehead atoms. The standard InChI is InChI=1S/C16H20FNO2/c1-4-18-9-13-7-15(20-12(13)3)10-19-14-6-5-11(2)16(17)8-14/h5-8,18H,4,9-10H2,1-3H3. The van der Waals surface area contributed by atoms with Gasteiger partial charge < -0.3 is 14.5 Å². The van der Waals surface area contributed by atoms with Gasteiger partial charge in [0.15, 0.2) is 0 Å². The average molecular weight is 277 g/mol. The molecular formula is C16H20FNO2. The molecule has 108 valence electrons. The molecule has 0 saturated heterocycles. The maximum atomic E-state index is 13.4. The minimum Gasteiger partial charge on any atom is -0.486 e. The number of rotatable bonds is 6. The van der Waals surface area contributed by atoms with Crippen LogP contribution in [0, 0.1) is 19.7 Å². The highest BCUT2D eigenvalue weighted by molar-refractivity contribution is 5.28. The van der Waals surface area contributed by atoms with Gasteiger partial charge >= 0.3 is 0 Å². The molecule has 0 spiro atoms. The van der Waals surface area contributed by atoms with Crippen LogP contribution in [-0.2, 0) is 13.2 Å². The highest BCUT2D eigenvalue weighted by atomic mass is 19.1. The molecule has 2 rings (SSSR count). The molecule has 0 saturated carbocycles. The van der Waals surface area contributed by atoms with Crippen molar-refractivity contribution in [1.82, 2.24) is 5.32 Å². The second-order valence-electron chi connectivity index (χ2n) is 4.77. The topological polar surface area (TPSA) is 34.4 Å². The Balaban J connectivity index is 1.98. The van der Waals surface area contributed by atoms with Crippen molar-refractivity contribution in [3.63, 3.8) is 0 Å². The molecule has 0 unspecified atom stereocenters. The molecule has 1 heterocycles. The van der Waals surface area contributed by atoms with Crippen molar-refractivity contribution < 1.29 is 13.5 Å². The zero-order valence-corrected chi connectivity index (χ0v) is 12.1. The van der Waals surface area contributed by atoms with Crippen LogP contribution in [0.15, 0.2) is 28.7 Å². The Kier molecular flexibility index (Phi) is 4.79. The van der Waals surface area contributed by atoms with E-state index in [0.717, 1.165) is 30.2 Å². The van der Waals surface area contributed by atoms with Crippen LogP contribution in [0.3, 0.4) is 0 Å². The largest absolute Gasteiger partial charge is 0.486 e. The fraction of sp³-hybridized carbons (Fsp3) is 0.375. The number of benzene rings is 1. The predicted octanol–water partition coefficient (Wildman–Crippen LogP) is 3.72. The van der Waals surface area contributed by atoms with Crippen molar-refractivity contribution >= 4 is 0 Å². The van der Waals surface area contributed by atoms with Crippen LogP contribution in [0.1, 0.15) is 29.6 Å². The summed E-state index contributed by atoms with van der Waals surface area (Å²) >= 11 is 0. The van der Waals surface area contributed by atoms with E-state index in [9.17, 15) is 4.39 Å². The molecule has 0 aliphatic rings. The molecule has 20 heavy (non-hydrogen) atoms. The zero-order chi connectivity index (χ0) is 14.5. The summed E-state index contributed by atoms with van der Waals surface area (Å²) in [6, 6.07) is 6.83.